The predicted molar refractivity (Wildman–Crippen MR) is 72.6 cm³/mol. The Labute approximate surface area is 110 Å². The van der Waals surface area contributed by atoms with Crippen molar-refractivity contribution in [2.24, 2.45) is 0 Å². The largest absolute Gasteiger partial charge is 0.377 e. The second-order valence-electron chi connectivity index (χ2n) is 4.43. The fraction of sp³-hybridized carbons (Fsp3) is 0.846. The van der Waals surface area contributed by atoms with Crippen molar-refractivity contribution in [2.75, 3.05) is 13.2 Å². The quantitative estimate of drug-likeness (QED) is 0.728. The molecule has 0 aliphatic rings. The third kappa shape index (κ3) is 4.38. The number of aryl methyl sites for hydroxylation is 1. The third-order valence-electron chi connectivity index (χ3n) is 3.00. The average molecular weight is 254 g/mol. The summed E-state index contributed by atoms with van der Waals surface area (Å²) in [6.45, 7) is 11.0. The van der Waals surface area contributed by atoms with Gasteiger partial charge in [-0.15, -0.1) is 0 Å². The smallest absolute Gasteiger partial charge is 0.138 e. The van der Waals surface area contributed by atoms with Crippen LogP contribution in [-0.4, -0.2) is 40.1 Å². The Morgan fingerprint density at radius 2 is 2.17 bits per heavy atom. The van der Waals surface area contributed by atoms with Crippen molar-refractivity contribution in [3.05, 3.63) is 12.2 Å². The van der Waals surface area contributed by atoms with Crippen molar-refractivity contribution >= 4 is 0 Å². The minimum atomic E-state index is 0.182. The van der Waals surface area contributed by atoms with Gasteiger partial charge in [0.1, 0.15) is 12.2 Å². The molecular formula is C13H26N4O. The van der Waals surface area contributed by atoms with Gasteiger partial charge in [-0.2, -0.15) is 5.10 Å². The van der Waals surface area contributed by atoms with E-state index in [1.165, 1.54) is 0 Å². The van der Waals surface area contributed by atoms with Crippen molar-refractivity contribution in [2.45, 2.75) is 59.2 Å². The third-order valence-corrected chi connectivity index (χ3v) is 3.00. The summed E-state index contributed by atoms with van der Waals surface area (Å²) in [4.78, 5) is 4.36. The van der Waals surface area contributed by atoms with E-state index in [2.05, 4.69) is 36.2 Å². The maximum Gasteiger partial charge on any atom is 0.138 e. The first-order valence-corrected chi connectivity index (χ1v) is 6.94. The van der Waals surface area contributed by atoms with E-state index in [1.54, 1.807) is 6.33 Å². The summed E-state index contributed by atoms with van der Waals surface area (Å²) < 4.78 is 7.67. The van der Waals surface area contributed by atoms with Crippen LogP contribution < -0.4 is 5.32 Å². The molecule has 0 amide bonds. The molecule has 2 atom stereocenters. The summed E-state index contributed by atoms with van der Waals surface area (Å²) in [6.07, 6.45) is 3.75. The highest BCUT2D eigenvalue weighted by Gasteiger charge is 2.19. The van der Waals surface area contributed by atoms with Crippen LogP contribution >= 0.6 is 0 Å². The van der Waals surface area contributed by atoms with Crippen molar-refractivity contribution in [3.8, 4) is 0 Å². The lowest BCUT2D eigenvalue weighted by Crippen LogP contribution is -2.42. The highest BCUT2D eigenvalue weighted by Crippen LogP contribution is 2.07. The van der Waals surface area contributed by atoms with Crippen LogP contribution in [-0.2, 0) is 17.7 Å². The minimum absolute atomic E-state index is 0.182. The maximum atomic E-state index is 5.69. The van der Waals surface area contributed by atoms with Gasteiger partial charge < -0.3 is 10.1 Å². The van der Waals surface area contributed by atoms with Gasteiger partial charge in [0.2, 0.25) is 0 Å². The van der Waals surface area contributed by atoms with Gasteiger partial charge in [-0.25, -0.2) is 4.98 Å². The topological polar surface area (TPSA) is 52.0 Å². The summed E-state index contributed by atoms with van der Waals surface area (Å²) in [5.74, 6) is 1.04. The molecule has 104 valence electrons. The van der Waals surface area contributed by atoms with Gasteiger partial charge >= 0.3 is 0 Å². The second kappa shape index (κ2) is 8.21. The highest BCUT2D eigenvalue weighted by molar-refractivity contribution is 4.92. The molecule has 0 bridgehead atoms. The Morgan fingerprint density at radius 1 is 1.39 bits per heavy atom. The molecule has 18 heavy (non-hydrogen) atoms. The van der Waals surface area contributed by atoms with E-state index in [4.69, 9.17) is 4.74 Å². The lowest BCUT2D eigenvalue weighted by Gasteiger charge is -2.24. The first-order valence-electron chi connectivity index (χ1n) is 6.94. The summed E-state index contributed by atoms with van der Waals surface area (Å²) in [6, 6.07) is 0.287. The molecule has 0 aliphatic heterocycles. The number of aromatic nitrogens is 3. The Hall–Kier alpha value is -0.940. The molecule has 2 unspecified atom stereocenters. The first kappa shape index (κ1) is 15.1. The normalized spacial score (nSPS) is 14.7. The van der Waals surface area contributed by atoms with Crippen LogP contribution in [0.3, 0.4) is 0 Å². The van der Waals surface area contributed by atoms with Crippen LogP contribution in [0.15, 0.2) is 6.33 Å². The van der Waals surface area contributed by atoms with E-state index >= 15 is 0 Å². The van der Waals surface area contributed by atoms with E-state index in [0.29, 0.717) is 0 Å². The molecule has 1 aromatic heterocycles. The first-order chi connectivity index (χ1) is 8.72. The van der Waals surface area contributed by atoms with E-state index in [9.17, 15) is 0 Å². The van der Waals surface area contributed by atoms with Gasteiger partial charge in [-0.3, -0.25) is 4.68 Å². The highest BCUT2D eigenvalue weighted by atomic mass is 16.5. The molecule has 0 saturated heterocycles. The zero-order valence-corrected chi connectivity index (χ0v) is 12.0. The fourth-order valence-electron chi connectivity index (χ4n) is 2.09. The average Bonchev–Trinajstić information content (AvgIpc) is 2.77. The van der Waals surface area contributed by atoms with Crippen molar-refractivity contribution < 1.29 is 4.74 Å². The van der Waals surface area contributed by atoms with Crippen molar-refractivity contribution in [3.63, 3.8) is 0 Å². The molecule has 0 spiro atoms. The minimum Gasteiger partial charge on any atom is -0.377 e. The maximum absolute atomic E-state index is 5.69. The molecule has 0 saturated carbocycles. The van der Waals surface area contributed by atoms with Crippen LogP contribution in [0.25, 0.3) is 0 Å². The van der Waals surface area contributed by atoms with Gasteiger partial charge in [-0.05, 0) is 26.8 Å². The van der Waals surface area contributed by atoms with Crippen LogP contribution in [0.2, 0.25) is 0 Å². The molecule has 0 radical (unpaired) electrons. The van der Waals surface area contributed by atoms with E-state index in [-0.39, 0.29) is 12.1 Å². The van der Waals surface area contributed by atoms with E-state index in [1.807, 2.05) is 11.6 Å². The fourth-order valence-corrected chi connectivity index (χ4v) is 2.09. The van der Waals surface area contributed by atoms with Crippen LogP contribution in [0.5, 0.6) is 0 Å². The summed E-state index contributed by atoms with van der Waals surface area (Å²) in [5, 5.41) is 7.73. The molecule has 0 aliphatic carbocycles. The zero-order valence-electron chi connectivity index (χ0n) is 12.0. The van der Waals surface area contributed by atoms with E-state index in [0.717, 1.165) is 38.4 Å². The van der Waals surface area contributed by atoms with Gasteiger partial charge in [0, 0.05) is 25.6 Å². The molecule has 1 heterocycles. The molecule has 5 heteroatoms. The zero-order chi connectivity index (χ0) is 13.4. The Kier molecular flexibility index (Phi) is 6.90. The number of nitrogens with one attached hydrogen (secondary N) is 1. The van der Waals surface area contributed by atoms with Crippen LogP contribution in [0.4, 0.5) is 0 Å². The van der Waals surface area contributed by atoms with Crippen molar-refractivity contribution in [1.82, 2.24) is 20.1 Å². The standard InChI is InChI=1S/C13H26N4O/c1-5-8-17-13(15-10-16-17)9-12(14-6-2)11(4)18-7-3/h10-12,14H,5-9H2,1-4H3. The Balaban J connectivity index is 2.66. The predicted octanol–water partition coefficient (Wildman–Crippen LogP) is 1.63. The molecule has 1 aromatic rings. The molecule has 0 fully saturated rings. The van der Waals surface area contributed by atoms with E-state index < -0.39 is 0 Å². The van der Waals surface area contributed by atoms with Crippen molar-refractivity contribution in [1.29, 1.82) is 0 Å². The van der Waals surface area contributed by atoms with Gasteiger partial charge in [0.25, 0.3) is 0 Å². The molecule has 1 N–H and O–H groups in total. The molecular weight excluding hydrogens is 228 g/mol. The van der Waals surface area contributed by atoms with Crippen LogP contribution in [0, 0.1) is 0 Å². The molecule has 5 nitrogen and oxygen atoms in total. The SMILES string of the molecule is CCCn1ncnc1CC(NCC)C(C)OCC. The van der Waals surface area contributed by atoms with Gasteiger partial charge in [0.05, 0.1) is 6.10 Å². The Morgan fingerprint density at radius 3 is 2.78 bits per heavy atom. The number of hydrogen-bond donors (Lipinski definition) is 1. The summed E-state index contributed by atoms with van der Waals surface area (Å²) in [7, 11) is 0. The number of hydrogen-bond acceptors (Lipinski definition) is 4. The number of nitrogens with zero attached hydrogens (tertiary/aromatic N) is 3. The molecule has 1 rings (SSSR count). The summed E-state index contributed by atoms with van der Waals surface area (Å²) in [5.41, 5.74) is 0. The Bertz CT molecular complexity index is 327. The number of ether oxygens (including phenoxy) is 1. The number of rotatable bonds is 9. The van der Waals surface area contributed by atoms with Gasteiger partial charge in [-0.1, -0.05) is 13.8 Å². The van der Waals surface area contributed by atoms with Gasteiger partial charge in [0.15, 0.2) is 0 Å². The lowest BCUT2D eigenvalue weighted by atomic mass is 10.1. The lowest BCUT2D eigenvalue weighted by molar-refractivity contribution is 0.0472. The molecule has 0 aromatic carbocycles. The number of likely N-dealkylation sites (N-methyl/N-ethyl adjacent to an activating group) is 1. The monoisotopic (exact) mass is 254 g/mol. The summed E-state index contributed by atoms with van der Waals surface area (Å²) >= 11 is 0. The second-order valence-corrected chi connectivity index (χ2v) is 4.43. The van der Waals surface area contributed by atoms with Crippen LogP contribution in [0.1, 0.15) is 39.9 Å².